The summed E-state index contributed by atoms with van der Waals surface area (Å²) in [6.07, 6.45) is 7.51. The Morgan fingerprint density at radius 3 is 2.21 bits per heavy atom. The van der Waals surface area contributed by atoms with Gasteiger partial charge in [0.05, 0.1) is 0 Å². The van der Waals surface area contributed by atoms with E-state index in [1.54, 1.807) is 0 Å². The molecule has 2 fully saturated rings. The highest BCUT2D eigenvalue weighted by atomic mass is 79.9. The molecule has 2 saturated carbocycles. The van der Waals surface area contributed by atoms with Crippen LogP contribution in [0.3, 0.4) is 0 Å². The Balaban J connectivity index is 1.44. The monoisotopic (exact) mass is 322 g/mol. The first-order valence-electron chi connectivity index (χ1n) is 7.48. The molecule has 2 aliphatic rings. The first kappa shape index (κ1) is 13.6. The lowest BCUT2D eigenvalue weighted by atomic mass is 9.75. The van der Waals surface area contributed by atoms with Gasteiger partial charge in [-0.15, -0.1) is 0 Å². The van der Waals surface area contributed by atoms with Gasteiger partial charge in [0.1, 0.15) is 0 Å². The minimum atomic E-state index is 0.454. The summed E-state index contributed by atoms with van der Waals surface area (Å²) < 4.78 is 1.17. The predicted octanol–water partition coefficient (Wildman–Crippen LogP) is 3.55. The molecule has 0 atom stereocenters. The normalized spacial score (nSPS) is 34.8. The van der Waals surface area contributed by atoms with E-state index in [4.69, 9.17) is 5.73 Å². The minimum absolute atomic E-state index is 0.454. The highest BCUT2D eigenvalue weighted by molar-refractivity contribution is 9.10. The lowest BCUT2D eigenvalue weighted by Gasteiger charge is -2.40. The van der Waals surface area contributed by atoms with Crippen LogP contribution in [0, 0.1) is 0 Å². The van der Waals surface area contributed by atoms with Crippen LogP contribution in [0.25, 0.3) is 0 Å². The average molecular weight is 323 g/mol. The third-order valence-corrected chi connectivity index (χ3v) is 5.25. The van der Waals surface area contributed by atoms with E-state index in [0.717, 1.165) is 18.0 Å². The maximum Gasteiger partial charge on any atom is 0.0175 e. The first-order chi connectivity index (χ1) is 9.20. The molecular weight excluding hydrogens is 300 g/mol. The molecule has 0 unspecified atom stereocenters. The SMILES string of the molecule is NC1CCC(NC2CC(c3ccc(Br)cc3)C2)CC1. The van der Waals surface area contributed by atoms with E-state index in [9.17, 15) is 0 Å². The molecule has 0 radical (unpaired) electrons. The van der Waals surface area contributed by atoms with E-state index in [-0.39, 0.29) is 0 Å². The summed E-state index contributed by atoms with van der Waals surface area (Å²) in [5.41, 5.74) is 7.45. The van der Waals surface area contributed by atoms with Crippen LogP contribution in [0.1, 0.15) is 50.0 Å². The highest BCUT2D eigenvalue weighted by Crippen LogP contribution is 2.38. The van der Waals surface area contributed by atoms with E-state index in [1.165, 1.54) is 48.6 Å². The van der Waals surface area contributed by atoms with Crippen molar-refractivity contribution in [3.05, 3.63) is 34.3 Å². The van der Waals surface area contributed by atoms with Crippen molar-refractivity contribution < 1.29 is 0 Å². The van der Waals surface area contributed by atoms with Gasteiger partial charge >= 0.3 is 0 Å². The zero-order valence-electron chi connectivity index (χ0n) is 11.3. The van der Waals surface area contributed by atoms with Gasteiger partial charge in [0.25, 0.3) is 0 Å². The van der Waals surface area contributed by atoms with Crippen molar-refractivity contribution in [1.82, 2.24) is 5.32 Å². The topological polar surface area (TPSA) is 38.0 Å². The molecule has 104 valence electrons. The van der Waals surface area contributed by atoms with Gasteiger partial charge in [-0.2, -0.15) is 0 Å². The predicted molar refractivity (Wildman–Crippen MR) is 83.3 cm³/mol. The van der Waals surface area contributed by atoms with Gasteiger partial charge in [0.2, 0.25) is 0 Å². The van der Waals surface area contributed by atoms with E-state index in [0.29, 0.717) is 6.04 Å². The maximum atomic E-state index is 5.95. The smallest absolute Gasteiger partial charge is 0.0175 e. The summed E-state index contributed by atoms with van der Waals surface area (Å²) >= 11 is 3.49. The number of nitrogens with one attached hydrogen (secondary N) is 1. The summed E-state index contributed by atoms with van der Waals surface area (Å²) in [7, 11) is 0. The molecule has 0 saturated heterocycles. The van der Waals surface area contributed by atoms with E-state index in [2.05, 4.69) is 45.5 Å². The molecule has 2 nitrogen and oxygen atoms in total. The van der Waals surface area contributed by atoms with E-state index < -0.39 is 0 Å². The molecule has 0 amide bonds. The lowest BCUT2D eigenvalue weighted by Crippen LogP contribution is -2.47. The fourth-order valence-electron chi connectivity index (χ4n) is 3.38. The lowest BCUT2D eigenvalue weighted by molar-refractivity contribution is 0.232. The molecule has 3 N–H and O–H groups in total. The Labute approximate surface area is 124 Å². The summed E-state index contributed by atoms with van der Waals surface area (Å²) in [5, 5.41) is 3.82. The van der Waals surface area contributed by atoms with Gasteiger partial charge < -0.3 is 11.1 Å². The zero-order chi connectivity index (χ0) is 13.2. The summed E-state index contributed by atoms with van der Waals surface area (Å²) in [6.45, 7) is 0. The summed E-state index contributed by atoms with van der Waals surface area (Å²) in [6, 6.07) is 10.7. The fraction of sp³-hybridized carbons (Fsp3) is 0.625. The highest BCUT2D eigenvalue weighted by Gasteiger charge is 2.32. The molecule has 0 aromatic heterocycles. The van der Waals surface area contributed by atoms with Crippen LogP contribution in [0.2, 0.25) is 0 Å². The van der Waals surface area contributed by atoms with Crippen molar-refractivity contribution in [2.24, 2.45) is 5.73 Å². The number of hydrogen-bond donors (Lipinski definition) is 2. The minimum Gasteiger partial charge on any atom is -0.328 e. The Morgan fingerprint density at radius 1 is 0.947 bits per heavy atom. The van der Waals surface area contributed by atoms with E-state index in [1.807, 2.05) is 0 Å². The first-order valence-corrected chi connectivity index (χ1v) is 8.27. The third kappa shape index (κ3) is 3.39. The van der Waals surface area contributed by atoms with Crippen LogP contribution in [0.15, 0.2) is 28.7 Å². The summed E-state index contributed by atoms with van der Waals surface area (Å²) in [4.78, 5) is 0. The molecule has 3 heteroatoms. The Kier molecular flexibility index (Phi) is 4.25. The average Bonchev–Trinajstić information content (AvgIpc) is 2.37. The van der Waals surface area contributed by atoms with Gasteiger partial charge in [0, 0.05) is 22.6 Å². The summed E-state index contributed by atoms with van der Waals surface area (Å²) in [5.74, 6) is 0.761. The molecule has 1 aromatic rings. The Bertz CT molecular complexity index is 403. The molecular formula is C16H23BrN2. The van der Waals surface area contributed by atoms with Crippen LogP contribution in [0.4, 0.5) is 0 Å². The van der Waals surface area contributed by atoms with Crippen LogP contribution in [-0.2, 0) is 0 Å². The second-order valence-corrected chi connectivity index (χ2v) is 7.11. The Morgan fingerprint density at radius 2 is 1.58 bits per heavy atom. The molecule has 2 aliphatic carbocycles. The standard InChI is InChI=1S/C16H23BrN2/c17-13-3-1-11(2-4-13)12-9-16(10-12)19-15-7-5-14(18)6-8-15/h1-4,12,14-16,19H,5-10,18H2. The van der Waals surface area contributed by atoms with E-state index >= 15 is 0 Å². The number of benzene rings is 1. The number of rotatable bonds is 3. The zero-order valence-corrected chi connectivity index (χ0v) is 12.9. The second kappa shape index (κ2) is 5.94. The van der Waals surface area contributed by atoms with Gasteiger partial charge in [-0.05, 0) is 62.1 Å². The van der Waals surface area contributed by atoms with Crippen molar-refractivity contribution in [3.63, 3.8) is 0 Å². The van der Waals surface area contributed by atoms with Crippen LogP contribution in [-0.4, -0.2) is 18.1 Å². The van der Waals surface area contributed by atoms with Crippen LogP contribution < -0.4 is 11.1 Å². The molecule has 0 heterocycles. The molecule has 0 bridgehead atoms. The van der Waals surface area contributed by atoms with Gasteiger partial charge in [-0.25, -0.2) is 0 Å². The van der Waals surface area contributed by atoms with Crippen molar-refractivity contribution >= 4 is 15.9 Å². The second-order valence-electron chi connectivity index (χ2n) is 6.20. The van der Waals surface area contributed by atoms with Crippen molar-refractivity contribution in [3.8, 4) is 0 Å². The van der Waals surface area contributed by atoms with Crippen molar-refractivity contribution in [2.45, 2.75) is 62.6 Å². The van der Waals surface area contributed by atoms with Gasteiger partial charge in [-0.1, -0.05) is 28.1 Å². The molecule has 19 heavy (non-hydrogen) atoms. The number of hydrogen-bond acceptors (Lipinski definition) is 2. The van der Waals surface area contributed by atoms with Crippen LogP contribution >= 0.6 is 15.9 Å². The van der Waals surface area contributed by atoms with Crippen molar-refractivity contribution in [2.75, 3.05) is 0 Å². The molecule has 0 spiro atoms. The number of nitrogens with two attached hydrogens (primary N) is 1. The largest absolute Gasteiger partial charge is 0.328 e. The van der Waals surface area contributed by atoms with Crippen molar-refractivity contribution in [1.29, 1.82) is 0 Å². The molecule has 0 aliphatic heterocycles. The third-order valence-electron chi connectivity index (χ3n) is 4.72. The Hall–Kier alpha value is -0.380. The quantitative estimate of drug-likeness (QED) is 0.893. The fourth-order valence-corrected chi connectivity index (χ4v) is 3.64. The molecule has 3 rings (SSSR count). The maximum absolute atomic E-state index is 5.95. The number of halogens is 1. The van der Waals surface area contributed by atoms with Crippen LogP contribution in [0.5, 0.6) is 0 Å². The van der Waals surface area contributed by atoms with Gasteiger partial charge in [0.15, 0.2) is 0 Å². The molecule has 1 aromatic carbocycles. The van der Waals surface area contributed by atoms with Gasteiger partial charge in [-0.3, -0.25) is 0 Å².